The van der Waals surface area contributed by atoms with Crippen molar-refractivity contribution in [2.75, 3.05) is 26.6 Å². The summed E-state index contributed by atoms with van der Waals surface area (Å²) in [6.45, 7) is 4.07. The molecule has 2 rings (SSSR count). The van der Waals surface area contributed by atoms with E-state index in [2.05, 4.69) is 10.6 Å². The molecule has 1 atom stereocenters. The Morgan fingerprint density at radius 3 is 2.07 bits per heavy atom. The van der Waals surface area contributed by atoms with Crippen LogP contribution in [0.2, 0.25) is 0 Å². The van der Waals surface area contributed by atoms with E-state index in [4.69, 9.17) is 14.2 Å². The fourth-order valence-corrected chi connectivity index (χ4v) is 3.74. The van der Waals surface area contributed by atoms with Crippen molar-refractivity contribution < 1.29 is 23.8 Å². The highest BCUT2D eigenvalue weighted by atomic mass is 16.5. The lowest BCUT2D eigenvalue weighted by molar-refractivity contribution is -0.130. The number of anilines is 1. The van der Waals surface area contributed by atoms with E-state index in [0.717, 1.165) is 25.7 Å². The van der Waals surface area contributed by atoms with Gasteiger partial charge in [-0.05, 0) is 25.2 Å². The van der Waals surface area contributed by atoms with Crippen LogP contribution in [0.1, 0.15) is 52.4 Å². The van der Waals surface area contributed by atoms with Crippen LogP contribution in [0.3, 0.4) is 0 Å². The standard InChI is InChI=1S/C22H34N2O5/c1-14(2)11-17(24-21(25)15-9-7-6-8-10-15)22(26)23-16-12-18(27-3)20(29-5)19(13-16)28-4/h12-15,17H,6-11H2,1-5H3,(H,23,26)(H,24,25)/t17-/m1/s1. The van der Waals surface area contributed by atoms with Gasteiger partial charge >= 0.3 is 0 Å². The third-order valence-corrected chi connectivity index (χ3v) is 5.25. The molecule has 0 aliphatic heterocycles. The van der Waals surface area contributed by atoms with Crippen molar-refractivity contribution in [1.29, 1.82) is 0 Å². The van der Waals surface area contributed by atoms with Crippen LogP contribution >= 0.6 is 0 Å². The quantitative estimate of drug-likeness (QED) is 0.652. The Morgan fingerprint density at radius 1 is 1.00 bits per heavy atom. The SMILES string of the molecule is COc1cc(NC(=O)[C@@H](CC(C)C)NC(=O)C2CCCCC2)cc(OC)c1OC. The second-order valence-corrected chi connectivity index (χ2v) is 7.93. The molecule has 0 spiro atoms. The first-order valence-electron chi connectivity index (χ1n) is 10.3. The first-order chi connectivity index (χ1) is 13.9. The minimum atomic E-state index is -0.594. The molecule has 0 unspecified atom stereocenters. The number of benzene rings is 1. The van der Waals surface area contributed by atoms with Crippen LogP contribution < -0.4 is 24.8 Å². The van der Waals surface area contributed by atoms with Gasteiger partial charge in [0, 0.05) is 23.7 Å². The molecule has 0 radical (unpaired) electrons. The summed E-state index contributed by atoms with van der Waals surface area (Å²) in [6.07, 6.45) is 5.69. The van der Waals surface area contributed by atoms with Crippen molar-refractivity contribution in [2.24, 2.45) is 11.8 Å². The molecule has 0 aromatic heterocycles. The van der Waals surface area contributed by atoms with Crippen molar-refractivity contribution in [3.63, 3.8) is 0 Å². The number of carbonyl (C=O) groups is 2. The Bertz CT molecular complexity index is 673. The first-order valence-corrected chi connectivity index (χ1v) is 10.3. The monoisotopic (exact) mass is 406 g/mol. The van der Waals surface area contributed by atoms with Gasteiger partial charge in [-0.2, -0.15) is 0 Å². The number of ether oxygens (including phenoxy) is 3. The molecule has 1 aromatic rings. The summed E-state index contributed by atoms with van der Waals surface area (Å²) in [6, 6.07) is 2.76. The van der Waals surface area contributed by atoms with E-state index in [9.17, 15) is 9.59 Å². The second kappa shape index (κ2) is 10.9. The molecule has 0 bridgehead atoms. The van der Waals surface area contributed by atoms with Crippen molar-refractivity contribution >= 4 is 17.5 Å². The van der Waals surface area contributed by atoms with Crippen molar-refractivity contribution in [3.8, 4) is 17.2 Å². The molecule has 7 nitrogen and oxygen atoms in total. The number of amides is 2. The topological polar surface area (TPSA) is 85.9 Å². The van der Waals surface area contributed by atoms with E-state index in [1.54, 1.807) is 12.1 Å². The van der Waals surface area contributed by atoms with E-state index in [1.165, 1.54) is 27.8 Å². The van der Waals surface area contributed by atoms with Gasteiger partial charge in [0.1, 0.15) is 6.04 Å². The molecule has 2 amide bonds. The second-order valence-electron chi connectivity index (χ2n) is 7.93. The molecule has 29 heavy (non-hydrogen) atoms. The Labute approximate surface area is 173 Å². The number of methoxy groups -OCH3 is 3. The zero-order valence-corrected chi connectivity index (χ0v) is 18.2. The fourth-order valence-electron chi connectivity index (χ4n) is 3.74. The largest absolute Gasteiger partial charge is 0.493 e. The minimum absolute atomic E-state index is 0.00684. The molecule has 162 valence electrons. The maximum absolute atomic E-state index is 13.0. The first kappa shape index (κ1) is 22.8. The highest BCUT2D eigenvalue weighted by molar-refractivity contribution is 5.98. The average Bonchev–Trinajstić information content (AvgIpc) is 2.72. The molecule has 1 aliphatic carbocycles. The molecule has 7 heteroatoms. The molecule has 0 saturated heterocycles. The Balaban J connectivity index is 2.15. The highest BCUT2D eigenvalue weighted by Crippen LogP contribution is 2.40. The molecular weight excluding hydrogens is 372 g/mol. The third-order valence-electron chi connectivity index (χ3n) is 5.25. The third kappa shape index (κ3) is 6.27. The summed E-state index contributed by atoms with van der Waals surface area (Å²) in [5.74, 6) is 1.36. The zero-order valence-electron chi connectivity index (χ0n) is 18.2. The van der Waals surface area contributed by atoms with E-state index in [0.29, 0.717) is 29.4 Å². The van der Waals surface area contributed by atoms with Gasteiger partial charge in [-0.1, -0.05) is 33.1 Å². The van der Waals surface area contributed by atoms with Crippen LogP contribution in [0.25, 0.3) is 0 Å². The molecule has 1 aliphatic rings. The molecular formula is C22H34N2O5. The van der Waals surface area contributed by atoms with E-state index < -0.39 is 6.04 Å². The lowest BCUT2D eigenvalue weighted by atomic mass is 9.88. The zero-order chi connectivity index (χ0) is 21.4. The predicted octanol–water partition coefficient (Wildman–Crippen LogP) is 3.76. The van der Waals surface area contributed by atoms with Crippen LogP contribution in [0.15, 0.2) is 12.1 Å². The lowest BCUT2D eigenvalue weighted by Gasteiger charge is -2.25. The number of carbonyl (C=O) groups excluding carboxylic acids is 2. The van der Waals surface area contributed by atoms with Gasteiger partial charge in [-0.15, -0.1) is 0 Å². The Hall–Kier alpha value is -2.44. The van der Waals surface area contributed by atoms with Crippen LogP contribution in [0, 0.1) is 11.8 Å². The van der Waals surface area contributed by atoms with Crippen molar-refractivity contribution in [3.05, 3.63) is 12.1 Å². The predicted molar refractivity (Wildman–Crippen MR) is 113 cm³/mol. The van der Waals surface area contributed by atoms with Gasteiger partial charge in [0.05, 0.1) is 21.3 Å². The fraction of sp³-hybridized carbons (Fsp3) is 0.636. The van der Waals surface area contributed by atoms with Crippen molar-refractivity contribution in [1.82, 2.24) is 5.32 Å². The van der Waals surface area contributed by atoms with Crippen LogP contribution in [-0.2, 0) is 9.59 Å². The smallest absolute Gasteiger partial charge is 0.246 e. The van der Waals surface area contributed by atoms with Crippen molar-refractivity contribution in [2.45, 2.75) is 58.4 Å². The normalized spacial score (nSPS) is 15.5. The van der Waals surface area contributed by atoms with Gasteiger partial charge < -0.3 is 24.8 Å². The molecule has 0 heterocycles. The van der Waals surface area contributed by atoms with E-state index >= 15 is 0 Å². The van der Waals surface area contributed by atoms with Gasteiger partial charge in [0.25, 0.3) is 0 Å². The number of hydrogen-bond donors (Lipinski definition) is 2. The number of rotatable bonds is 9. The summed E-state index contributed by atoms with van der Waals surface area (Å²) in [5, 5.41) is 5.87. The van der Waals surface area contributed by atoms with E-state index in [-0.39, 0.29) is 23.7 Å². The summed E-state index contributed by atoms with van der Waals surface area (Å²) in [4.78, 5) is 25.7. The maximum Gasteiger partial charge on any atom is 0.246 e. The summed E-state index contributed by atoms with van der Waals surface area (Å²) >= 11 is 0. The van der Waals surface area contributed by atoms with Crippen LogP contribution in [-0.4, -0.2) is 39.2 Å². The molecule has 1 aromatic carbocycles. The van der Waals surface area contributed by atoms with Gasteiger partial charge in [0.2, 0.25) is 17.6 Å². The number of hydrogen-bond acceptors (Lipinski definition) is 5. The minimum Gasteiger partial charge on any atom is -0.493 e. The Morgan fingerprint density at radius 2 is 1.59 bits per heavy atom. The summed E-state index contributed by atoms with van der Waals surface area (Å²) < 4.78 is 16.0. The lowest BCUT2D eigenvalue weighted by Crippen LogP contribution is -2.47. The summed E-state index contributed by atoms with van der Waals surface area (Å²) in [7, 11) is 4.57. The average molecular weight is 407 g/mol. The van der Waals surface area contributed by atoms with Gasteiger partial charge in [-0.25, -0.2) is 0 Å². The van der Waals surface area contributed by atoms with Crippen LogP contribution in [0.4, 0.5) is 5.69 Å². The van der Waals surface area contributed by atoms with E-state index in [1.807, 2.05) is 13.8 Å². The molecule has 2 N–H and O–H groups in total. The summed E-state index contributed by atoms with van der Waals surface area (Å²) in [5.41, 5.74) is 0.519. The molecule has 1 saturated carbocycles. The maximum atomic E-state index is 13.0. The van der Waals surface area contributed by atoms with Crippen LogP contribution in [0.5, 0.6) is 17.2 Å². The van der Waals surface area contributed by atoms with Gasteiger partial charge in [0.15, 0.2) is 11.5 Å². The number of nitrogens with one attached hydrogen (secondary N) is 2. The molecule has 1 fully saturated rings. The Kier molecular flexibility index (Phi) is 8.61. The van der Waals surface area contributed by atoms with Gasteiger partial charge in [-0.3, -0.25) is 9.59 Å². The highest BCUT2D eigenvalue weighted by Gasteiger charge is 2.27.